The molecule has 1 fully saturated rings. The summed E-state index contributed by atoms with van der Waals surface area (Å²) < 4.78 is 2.42. The van der Waals surface area contributed by atoms with Gasteiger partial charge in [0.25, 0.3) is 0 Å². The first kappa shape index (κ1) is 11.1. The highest BCUT2D eigenvalue weighted by Crippen LogP contribution is 2.39. The first-order valence-corrected chi connectivity index (χ1v) is 7.41. The summed E-state index contributed by atoms with van der Waals surface area (Å²) >= 11 is 1.83. The van der Waals surface area contributed by atoms with Gasteiger partial charge in [-0.1, -0.05) is 6.07 Å². The quantitative estimate of drug-likeness (QED) is 0.903. The standard InChI is InChI=1S/C13H17N3S/c1-17-8-13-15-11-6-9(7-14)2-5-12(11)16(13)10-3-4-10/h2,5-6,10H,3-4,7-8,14H2,1H3. The fourth-order valence-electron chi connectivity index (χ4n) is 2.29. The highest BCUT2D eigenvalue weighted by molar-refractivity contribution is 7.97. The van der Waals surface area contributed by atoms with Crippen LogP contribution in [0.2, 0.25) is 0 Å². The van der Waals surface area contributed by atoms with Gasteiger partial charge in [0, 0.05) is 12.6 Å². The summed E-state index contributed by atoms with van der Waals surface area (Å²) in [6, 6.07) is 7.10. The van der Waals surface area contributed by atoms with Crippen LogP contribution in [0.4, 0.5) is 0 Å². The van der Waals surface area contributed by atoms with Crippen molar-refractivity contribution in [3.8, 4) is 0 Å². The van der Waals surface area contributed by atoms with Gasteiger partial charge < -0.3 is 10.3 Å². The second-order valence-electron chi connectivity index (χ2n) is 4.59. The SMILES string of the molecule is CSCc1nc2cc(CN)ccc2n1C1CC1. The van der Waals surface area contributed by atoms with Gasteiger partial charge in [-0.05, 0) is 36.8 Å². The summed E-state index contributed by atoms with van der Waals surface area (Å²) in [6.07, 6.45) is 4.72. The third kappa shape index (κ3) is 1.96. The summed E-state index contributed by atoms with van der Waals surface area (Å²) in [6.45, 7) is 0.587. The second-order valence-corrected chi connectivity index (χ2v) is 5.46. The largest absolute Gasteiger partial charge is 0.326 e. The third-order valence-electron chi connectivity index (χ3n) is 3.25. The van der Waals surface area contributed by atoms with Crippen LogP contribution in [0, 0.1) is 0 Å². The third-order valence-corrected chi connectivity index (χ3v) is 3.79. The Morgan fingerprint density at radius 3 is 2.94 bits per heavy atom. The molecule has 0 amide bonds. The van der Waals surface area contributed by atoms with Gasteiger partial charge in [0.1, 0.15) is 5.82 Å². The molecule has 0 aliphatic heterocycles. The van der Waals surface area contributed by atoms with Crippen LogP contribution in [0.15, 0.2) is 18.2 Å². The van der Waals surface area contributed by atoms with Crippen molar-refractivity contribution in [2.24, 2.45) is 5.73 Å². The summed E-state index contributed by atoms with van der Waals surface area (Å²) in [7, 11) is 0. The van der Waals surface area contributed by atoms with Crippen LogP contribution in [0.1, 0.15) is 30.3 Å². The molecule has 1 aromatic heterocycles. The van der Waals surface area contributed by atoms with E-state index >= 15 is 0 Å². The number of nitrogens with zero attached hydrogens (tertiary/aromatic N) is 2. The van der Waals surface area contributed by atoms with Crippen molar-refractivity contribution in [1.82, 2.24) is 9.55 Å². The van der Waals surface area contributed by atoms with E-state index in [0.29, 0.717) is 12.6 Å². The zero-order valence-corrected chi connectivity index (χ0v) is 10.8. The highest BCUT2D eigenvalue weighted by Gasteiger charge is 2.27. The molecular weight excluding hydrogens is 230 g/mol. The van der Waals surface area contributed by atoms with Crippen LogP contribution in [0.5, 0.6) is 0 Å². The molecular formula is C13H17N3S. The number of benzene rings is 1. The van der Waals surface area contributed by atoms with Gasteiger partial charge in [-0.2, -0.15) is 11.8 Å². The molecule has 1 aliphatic rings. The Hall–Kier alpha value is -1.00. The Bertz CT molecular complexity index is 543. The van der Waals surface area contributed by atoms with Crippen LogP contribution in [-0.2, 0) is 12.3 Å². The lowest BCUT2D eigenvalue weighted by Gasteiger charge is -2.06. The van der Waals surface area contributed by atoms with Crippen LogP contribution in [0.3, 0.4) is 0 Å². The normalized spacial score (nSPS) is 15.6. The van der Waals surface area contributed by atoms with Gasteiger partial charge >= 0.3 is 0 Å². The molecule has 0 spiro atoms. The predicted molar refractivity (Wildman–Crippen MR) is 73.1 cm³/mol. The molecule has 0 atom stereocenters. The van der Waals surface area contributed by atoms with Crippen molar-refractivity contribution in [3.05, 3.63) is 29.6 Å². The van der Waals surface area contributed by atoms with E-state index in [0.717, 1.165) is 16.8 Å². The maximum absolute atomic E-state index is 5.68. The monoisotopic (exact) mass is 247 g/mol. The van der Waals surface area contributed by atoms with Gasteiger partial charge in [0.15, 0.2) is 0 Å². The van der Waals surface area contributed by atoms with E-state index in [1.54, 1.807) is 0 Å². The van der Waals surface area contributed by atoms with Gasteiger partial charge in [0.2, 0.25) is 0 Å². The molecule has 1 aliphatic carbocycles. The van der Waals surface area contributed by atoms with Crippen LogP contribution < -0.4 is 5.73 Å². The number of hydrogen-bond donors (Lipinski definition) is 1. The number of nitrogens with two attached hydrogens (primary N) is 1. The first-order chi connectivity index (χ1) is 8.33. The number of rotatable bonds is 4. The Labute approximate surface area is 105 Å². The lowest BCUT2D eigenvalue weighted by atomic mass is 10.2. The maximum Gasteiger partial charge on any atom is 0.120 e. The summed E-state index contributed by atoms with van der Waals surface area (Å²) in [5, 5.41) is 0. The molecule has 4 heteroatoms. The molecule has 1 aromatic carbocycles. The van der Waals surface area contributed by atoms with Crippen LogP contribution >= 0.6 is 11.8 Å². The zero-order chi connectivity index (χ0) is 11.8. The van der Waals surface area contributed by atoms with Crippen molar-refractivity contribution in [2.75, 3.05) is 6.26 Å². The minimum absolute atomic E-state index is 0.587. The van der Waals surface area contributed by atoms with E-state index in [9.17, 15) is 0 Å². The number of aromatic nitrogens is 2. The maximum atomic E-state index is 5.68. The van der Waals surface area contributed by atoms with Crippen molar-refractivity contribution in [2.45, 2.75) is 31.2 Å². The molecule has 1 heterocycles. The minimum Gasteiger partial charge on any atom is -0.326 e. The molecule has 3 nitrogen and oxygen atoms in total. The molecule has 1 saturated carbocycles. The Morgan fingerprint density at radius 2 is 2.29 bits per heavy atom. The van der Waals surface area contributed by atoms with Crippen molar-refractivity contribution in [3.63, 3.8) is 0 Å². The number of fused-ring (bicyclic) bond motifs is 1. The smallest absolute Gasteiger partial charge is 0.120 e. The van der Waals surface area contributed by atoms with Gasteiger partial charge in [-0.3, -0.25) is 0 Å². The molecule has 2 N–H and O–H groups in total. The average molecular weight is 247 g/mol. The molecule has 0 saturated heterocycles. The van der Waals surface area contributed by atoms with Gasteiger partial charge in [0.05, 0.1) is 16.8 Å². The summed E-state index contributed by atoms with van der Waals surface area (Å²) in [4.78, 5) is 4.76. The summed E-state index contributed by atoms with van der Waals surface area (Å²) in [5.74, 6) is 2.20. The topological polar surface area (TPSA) is 43.8 Å². The van der Waals surface area contributed by atoms with Crippen molar-refractivity contribution < 1.29 is 0 Å². The highest BCUT2D eigenvalue weighted by atomic mass is 32.2. The second kappa shape index (κ2) is 4.35. The zero-order valence-electron chi connectivity index (χ0n) is 10.0. The number of hydrogen-bond acceptors (Lipinski definition) is 3. The molecule has 2 aromatic rings. The molecule has 0 bridgehead atoms. The Morgan fingerprint density at radius 1 is 1.47 bits per heavy atom. The fourth-order valence-corrected chi connectivity index (χ4v) is 2.75. The van der Waals surface area contributed by atoms with Crippen LogP contribution in [-0.4, -0.2) is 15.8 Å². The lowest BCUT2D eigenvalue weighted by molar-refractivity contribution is 0.729. The van der Waals surface area contributed by atoms with Gasteiger partial charge in [-0.25, -0.2) is 4.98 Å². The Balaban J connectivity index is 2.15. The molecule has 0 unspecified atom stereocenters. The van der Waals surface area contributed by atoms with Crippen molar-refractivity contribution in [1.29, 1.82) is 0 Å². The fraction of sp³-hybridized carbons (Fsp3) is 0.462. The van der Waals surface area contributed by atoms with E-state index in [1.165, 1.54) is 24.2 Å². The molecule has 17 heavy (non-hydrogen) atoms. The van der Waals surface area contributed by atoms with Crippen molar-refractivity contribution >= 4 is 22.8 Å². The number of imidazole rings is 1. The lowest BCUT2D eigenvalue weighted by Crippen LogP contribution is -2.00. The summed E-state index contributed by atoms with van der Waals surface area (Å²) in [5.41, 5.74) is 9.21. The van der Waals surface area contributed by atoms with E-state index in [1.807, 2.05) is 11.8 Å². The Kier molecular flexibility index (Phi) is 2.84. The molecule has 3 rings (SSSR count). The number of thioether (sulfide) groups is 1. The molecule has 0 radical (unpaired) electrons. The van der Waals surface area contributed by atoms with Gasteiger partial charge in [-0.15, -0.1) is 0 Å². The van der Waals surface area contributed by atoms with E-state index in [2.05, 4.69) is 29.0 Å². The minimum atomic E-state index is 0.587. The molecule has 90 valence electrons. The average Bonchev–Trinajstić information content (AvgIpc) is 3.11. The van der Waals surface area contributed by atoms with E-state index < -0.39 is 0 Å². The predicted octanol–water partition coefficient (Wildman–Crippen LogP) is 2.69. The van der Waals surface area contributed by atoms with E-state index in [-0.39, 0.29) is 0 Å². The first-order valence-electron chi connectivity index (χ1n) is 6.02. The van der Waals surface area contributed by atoms with E-state index in [4.69, 9.17) is 10.7 Å². The van der Waals surface area contributed by atoms with Crippen LogP contribution in [0.25, 0.3) is 11.0 Å².